The third-order valence-corrected chi connectivity index (χ3v) is 3.11. The van der Waals surface area contributed by atoms with E-state index in [9.17, 15) is 5.11 Å². The van der Waals surface area contributed by atoms with Crippen molar-refractivity contribution in [1.82, 2.24) is 4.98 Å². The van der Waals surface area contributed by atoms with E-state index in [1.165, 1.54) is 0 Å². The molecule has 5 heteroatoms. The SMILES string of the molecule is Cc1cc(O[C@H]2COC[C@@H]2O)cnc1Br. The van der Waals surface area contributed by atoms with Gasteiger partial charge in [-0.2, -0.15) is 0 Å². The van der Waals surface area contributed by atoms with E-state index in [4.69, 9.17) is 9.47 Å². The van der Waals surface area contributed by atoms with Gasteiger partial charge in [0.05, 0.1) is 19.4 Å². The minimum absolute atomic E-state index is 0.285. The molecule has 2 atom stereocenters. The van der Waals surface area contributed by atoms with Gasteiger partial charge >= 0.3 is 0 Å². The summed E-state index contributed by atoms with van der Waals surface area (Å²) in [7, 11) is 0. The standard InChI is InChI=1S/C10H12BrNO3/c1-6-2-7(3-12-10(6)11)15-9-5-14-4-8(9)13/h2-3,8-9,13H,4-5H2,1H3/t8-,9-/m0/s1. The fourth-order valence-electron chi connectivity index (χ4n) is 1.41. The predicted octanol–water partition coefficient (Wildman–Crippen LogP) is 1.29. The van der Waals surface area contributed by atoms with E-state index in [-0.39, 0.29) is 6.10 Å². The van der Waals surface area contributed by atoms with Crippen molar-refractivity contribution >= 4 is 15.9 Å². The van der Waals surface area contributed by atoms with Gasteiger partial charge in [0.2, 0.25) is 0 Å². The highest BCUT2D eigenvalue weighted by Gasteiger charge is 2.28. The van der Waals surface area contributed by atoms with Gasteiger partial charge in [0, 0.05) is 0 Å². The van der Waals surface area contributed by atoms with Crippen LogP contribution in [0.4, 0.5) is 0 Å². The van der Waals surface area contributed by atoms with Gasteiger partial charge in [0.1, 0.15) is 22.6 Å². The van der Waals surface area contributed by atoms with E-state index in [2.05, 4.69) is 20.9 Å². The Kier molecular flexibility index (Phi) is 3.23. The van der Waals surface area contributed by atoms with Gasteiger partial charge in [-0.1, -0.05) is 0 Å². The molecule has 1 aliphatic rings. The van der Waals surface area contributed by atoms with Crippen molar-refractivity contribution < 1.29 is 14.6 Å². The lowest BCUT2D eigenvalue weighted by Crippen LogP contribution is -2.29. The van der Waals surface area contributed by atoms with Gasteiger partial charge in [-0.25, -0.2) is 4.98 Å². The van der Waals surface area contributed by atoms with Crippen LogP contribution in [0.15, 0.2) is 16.9 Å². The topological polar surface area (TPSA) is 51.6 Å². The molecule has 0 saturated carbocycles. The Morgan fingerprint density at radius 3 is 3.00 bits per heavy atom. The summed E-state index contributed by atoms with van der Waals surface area (Å²) in [5.74, 6) is 0.658. The van der Waals surface area contributed by atoms with Crippen LogP contribution in [0.25, 0.3) is 0 Å². The Morgan fingerprint density at radius 2 is 2.40 bits per heavy atom. The first-order valence-electron chi connectivity index (χ1n) is 4.71. The van der Waals surface area contributed by atoms with Gasteiger partial charge in [0.25, 0.3) is 0 Å². The van der Waals surface area contributed by atoms with E-state index in [0.717, 1.165) is 10.2 Å². The lowest BCUT2D eigenvalue weighted by Gasteiger charge is -2.15. The molecule has 0 aliphatic carbocycles. The third kappa shape index (κ3) is 2.48. The molecule has 0 radical (unpaired) electrons. The summed E-state index contributed by atoms with van der Waals surface area (Å²) < 4.78 is 11.5. The van der Waals surface area contributed by atoms with Crippen LogP contribution in [0, 0.1) is 6.92 Å². The number of hydrogen-bond donors (Lipinski definition) is 1. The quantitative estimate of drug-likeness (QED) is 0.826. The molecular weight excluding hydrogens is 262 g/mol. The fraction of sp³-hybridized carbons (Fsp3) is 0.500. The van der Waals surface area contributed by atoms with E-state index < -0.39 is 6.10 Å². The summed E-state index contributed by atoms with van der Waals surface area (Å²) in [6, 6.07) is 1.88. The molecule has 15 heavy (non-hydrogen) atoms. The molecule has 1 N–H and O–H groups in total. The van der Waals surface area contributed by atoms with Crippen LogP contribution in [-0.2, 0) is 4.74 Å². The largest absolute Gasteiger partial charge is 0.484 e. The molecule has 0 aromatic carbocycles. The number of nitrogens with zero attached hydrogens (tertiary/aromatic N) is 1. The zero-order chi connectivity index (χ0) is 10.8. The van der Waals surface area contributed by atoms with Crippen molar-refractivity contribution in [2.75, 3.05) is 13.2 Å². The number of hydrogen-bond acceptors (Lipinski definition) is 4. The molecule has 0 amide bonds. The molecule has 2 rings (SSSR count). The second-order valence-corrected chi connectivity index (χ2v) is 4.29. The average Bonchev–Trinajstić information content (AvgIpc) is 2.59. The number of ether oxygens (including phenoxy) is 2. The number of aromatic nitrogens is 1. The Labute approximate surface area is 96.4 Å². The van der Waals surface area contributed by atoms with Gasteiger partial charge in [-0.05, 0) is 34.5 Å². The molecule has 1 aromatic rings. The molecule has 4 nitrogen and oxygen atoms in total. The Morgan fingerprint density at radius 1 is 1.60 bits per heavy atom. The molecule has 1 aliphatic heterocycles. The minimum Gasteiger partial charge on any atom is -0.484 e. The predicted molar refractivity (Wildman–Crippen MR) is 57.9 cm³/mol. The maximum absolute atomic E-state index is 9.49. The molecule has 82 valence electrons. The maximum atomic E-state index is 9.49. The number of rotatable bonds is 2. The first kappa shape index (κ1) is 10.9. The molecule has 1 aromatic heterocycles. The molecule has 0 spiro atoms. The van der Waals surface area contributed by atoms with Crippen molar-refractivity contribution in [3.8, 4) is 5.75 Å². The number of aliphatic hydroxyl groups is 1. The molecule has 0 unspecified atom stereocenters. The second-order valence-electron chi connectivity index (χ2n) is 3.54. The monoisotopic (exact) mass is 273 g/mol. The summed E-state index contributed by atoms with van der Waals surface area (Å²) in [4.78, 5) is 4.11. The van der Waals surface area contributed by atoms with Crippen LogP contribution in [-0.4, -0.2) is 35.5 Å². The summed E-state index contributed by atoms with van der Waals surface area (Å²) >= 11 is 3.31. The highest BCUT2D eigenvalue weighted by Crippen LogP contribution is 2.21. The first-order chi connectivity index (χ1) is 7.16. The van der Waals surface area contributed by atoms with E-state index in [1.807, 2.05) is 13.0 Å². The smallest absolute Gasteiger partial charge is 0.150 e. The van der Waals surface area contributed by atoms with Crippen molar-refractivity contribution in [2.45, 2.75) is 19.1 Å². The number of aliphatic hydroxyl groups excluding tert-OH is 1. The summed E-state index contributed by atoms with van der Waals surface area (Å²) in [5.41, 5.74) is 1.00. The zero-order valence-electron chi connectivity index (χ0n) is 8.31. The highest BCUT2D eigenvalue weighted by molar-refractivity contribution is 9.10. The van der Waals surface area contributed by atoms with E-state index in [0.29, 0.717) is 19.0 Å². The summed E-state index contributed by atoms with van der Waals surface area (Å²) in [5, 5.41) is 9.49. The third-order valence-electron chi connectivity index (χ3n) is 2.28. The van der Waals surface area contributed by atoms with Crippen LogP contribution in [0.1, 0.15) is 5.56 Å². The maximum Gasteiger partial charge on any atom is 0.150 e. The number of aryl methyl sites for hydroxylation is 1. The van der Waals surface area contributed by atoms with Crippen LogP contribution in [0.2, 0.25) is 0 Å². The fourth-order valence-corrected chi connectivity index (χ4v) is 1.62. The second kappa shape index (κ2) is 4.47. The average molecular weight is 274 g/mol. The van der Waals surface area contributed by atoms with E-state index in [1.54, 1.807) is 6.20 Å². The Bertz CT molecular complexity index is 359. The van der Waals surface area contributed by atoms with Crippen LogP contribution in [0.3, 0.4) is 0 Å². The van der Waals surface area contributed by atoms with Gasteiger partial charge in [0.15, 0.2) is 0 Å². The Hall–Kier alpha value is -0.650. The molecule has 1 fully saturated rings. The number of pyridine rings is 1. The van der Waals surface area contributed by atoms with E-state index >= 15 is 0 Å². The van der Waals surface area contributed by atoms with Crippen LogP contribution in [0.5, 0.6) is 5.75 Å². The van der Waals surface area contributed by atoms with Gasteiger partial charge in [-0.3, -0.25) is 0 Å². The van der Waals surface area contributed by atoms with Crippen LogP contribution < -0.4 is 4.74 Å². The summed E-state index contributed by atoms with van der Waals surface area (Å²) in [6.07, 6.45) is 0.795. The number of halogens is 1. The zero-order valence-corrected chi connectivity index (χ0v) is 9.90. The van der Waals surface area contributed by atoms with Crippen molar-refractivity contribution in [3.05, 3.63) is 22.4 Å². The minimum atomic E-state index is -0.547. The first-order valence-corrected chi connectivity index (χ1v) is 5.51. The summed E-state index contributed by atoms with van der Waals surface area (Å²) in [6.45, 7) is 2.70. The van der Waals surface area contributed by atoms with Gasteiger partial charge < -0.3 is 14.6 Å². The Balaban J connectivity index is 2.07. The molecule has 2 heterocycles. The van der Waals surface area contributed by atoms with Gasteiger partial charge in [-0.15, -0.1) is 0 Å². The normalized spacial score (nSPS) is 25.5. The van der Waals surface area contributed by atoms with Crippen molar-refractivity contribution in [1.29, 1.82) is 0 Å². The molecule has 1 saturated heterocycles. The lowest BCUT2D eigenvalue weighted by molar-refractivity contribution is 0.0730. The van der Waals surface area contributed by atoms with Crippen LogP contribution >= 0.6 is 15.9 Å². The van der Waals surface area contributed by atoms with Crippen molar-refractivity contribution in [2.24, 2.45) is 0 Å². The molecule has 0 bridgehead atoms. The van der Waals surface area contributed by atoms with Crippen molar-refractivity contribution in [3.63, 3.8) is 0 Å². The molecular formula is C10H12BrNO3. The highest BCUT2D eigenvalue weighted by atomic mass is 79.9. The lowest BCUT2D eigenvalue weighted by atomic mass is 10.2.